The van der Waals surface area contributed by atoms with Gasteiger partial charge in [0.1, 0.15) is 5.75 Å². The average molecular weight is 288 g/mol. The molecule has 0 aliphatic carbocycles. The number of likely N-dealkylation sites (N-methyl/N-ethyl adjacent to an activating group) is 1. The predicted molar refractivity (Wildman–Crippen MR) is 68.8 cm³/mol. The highest BCUT2D eigenvalue weighted by Gasteiger charge is 2.29. The highest BCUT2D eigenvalue weighted by atomic mass is 79.9. The minimum Gasteiger partial charge on any atom is -0.496 e. The van der Waals surface area contributed by atoms with Crippen LogP contribution in [-0.4, -0.2) is 24.9 Å². The monoisotopic (exact) mass is 287 g/mol. The van der Waals surface area contributed by atoms with Gasteiger partial charge in [0.15, 0.2) is 0 Å². The van der Waals surface area contributed by atoms with Gasteiger partial charge >= 0.3 is 0 Å². The van der Waals surface area contributed by atoms with E-state index in [0.29, 0.717) is 0 Å². The molecule has 0 amide bonds. The molecule has 90 valence electrons. The first-order valence-electron chi connectivity index (χ1n) is 5.13. The fourth-order valence-electron chi connectivity index (χ4n) is 1.82. The van der Waals surface area contributed by atoms with Crippen LogP contribution in [0.3, 0.4) is 0 Å². The summed E-state index contributed by atoms with van der Waals surface area (Å²) in [5, 5.41) is 13.2. The Hall–Kier alpha value is -0.580. The lowest BCUT2D eigenvalue weighted by atomic mass is 9.91. The van der Waals surface area contributed by atoms with E-state index < -0.39 is 5.60 Å². The minimum atomic E-state index is -0.858. The standard InChI is InChI=1S/C12H18BrNO2/c1-12(2,15)11(14-3)9-7-8(13)5-6-10(9)16-4/h5-7,11,14-15H,1-4H3. The predicted octanol–water partition coefficient (Wildman–Crippen LogP) is 2.49. The molecular formula is C12H18BrNO2. The number of nitrogens with one attached hydrogen (secondary N) is 1. The molecule has 0 aliphatic rings. The number of halogens is 1. The minimum absolute atomic E-state index is 0.181. The van der Waals surface area contributed by atoms with Crippen molar-refractivity contribution in [2.24, 2.45) is 0 Å². The molecule has 0 spiro atoms. The van der Waals surface area contributed by atoms with Crippen LogP contribution >= 0.6 is 15.9 Å². The van der Waals surface area contributed by atoms with Gasteiger partial charge in [0.2, 0.25) is 0 Å². The number of hydrogen-bond donors (Lipinski definition) is 2. The molecule has 2 N–H and O–H groups in total. The molecule has 0 saturated carbocycles. The lowest BCUT2D eigenvalue weighted by Gasteiger charge is -2.30. The Morgan fingerprint density at radius 3 is 2.50 bits per heavy atom. The van der Waals surface area contributed by atoms with Crippen LogP contribution in [0.2, 0.25) is 0 Å². The Kier molecular flexibility index (Phi) is 4.35. The number of rotatable bonds is 4. The third-order valence-corrected chi connectivity index (χ3v) is 2.99. The van der Waals surface area contributed by atoms with Crippen molar-refractivity contribution >= 4 is 15.9 Å². The van der Waals surface area contributed by atoms with Crippen LogP contribution in [0, 0.1) is 0 Å². The number of aliphatic hydroxyl groups is 1. The summed E-state index contributed by atoms with van der Waals surface area (Å²) in [6.45, 7) is 3.54. The van der Waals surface area contributed by atoms with Crippen LogP contribution in [0.25, 0.3) is 0 Å². The SMILES string of the molecule is CNC(c1cc(Br)ccc1OC)C(C)(C)O. The molecule has 1 unspecified atom stereocenters. The number of ether oxygens (including phenoxy) is 1. The largest absolute Gasteiger partial charge is 0.496 e. The van der Waals surface area contributed by atoms with Gasteiger partial charge in [0.25, 0.3) is 0 Å². The molecule has 0 fully saturated rings. The maximum Gasteiger partial charge on any atom is 0.123 e. The highest BCUT2D eigenvalue weighted by Crippen LogP contribution is 2.33. The summed E-state index contributed by atoms with van der Waals surface area (Å²) in [6.07, 6.45) is 0. The molecule has 0 heterocycles. The Morgan fingerprint density at radius 1 is 1.44 bits per heavy atom. The number of methoxy groups -OCH3 is 1. The van der Waals surface area contributed by atoms with Crippen LogP contribution < -0.4 is 10.1 Å². The molecule has 1 aromatic carbocycles. The average Bonchev–Trinajstić information content (AvgIpc) is 2.17. The topological polar surface area (TPSA) is 41.5 Å². The third kappa shape index (κ3) is 2.97. The van der Waals surface area contributed by atoms with Crippen molar-refractivity contribution in [2.75, 3.05) is 14.2 Å². The molecule has 3 nitrogen and oxygen atoms in total. The normalized spacial score (nSPS) is 13.6. The first-order chi connectivity index (χ1) is 7.40. The van der Waals surface area contributed by atoms with E-state index >= 15 is 0 Å². The first kappa shape index (κ1) is 13.5. The lowest BCUT2D eigenvalue weighted by Crippen LogP contribution is -2.37. The van der Waals surface area contributed by atoms with Crippen LogP contribution in [0.4, 0.5) is 0 Å². The van der Waals surface area contributed by atoms with E-state index in [0.717, 1.165) is 15.8 Å². The second-order valence-electron chi connectivity index (χ2n) is 4.26. The second-order valence-corrected chi connectivity index (χ2v) is 5.18. The van der Waals surface area contributed by atoms with Crippen LogP contribution in [0.1, 0.15) is 25.5 Å². The van der Waals surface area contributed by atoms with Gasteiger partial charge < -0.3 is 15.2 Å². The van der Waals surface area contributed by atoms with Crippen molar-refractivity contribution in [1.29, 1.82) is 0 Å². The Labute approximate surface area is 105 Å². The first-order valence-corrected chi connectivity index (χ1v) is 5.92. The molecule has 1 atom stereocenters. The van der Waals surface area contributed by atoms with E-state index in [1.54, 1.807) is 21.0 Å². The summed E-state index contributed by atoms with van der Waals surface area (Å²) >= 11 is 3.42. The Morgan fingerprint density at radius 2 is 2.06 bits per heavy atom. The lowest BCUT2D eigenvalue weighted by molar-refractivity contribution is 0.0391. The molecule has 0 radical (unpaired) electrons. The molecule has 0 saturated heterocycles. The van der Waals surface area contributed by atoms with Gasteiger partial charge in [-0.15, -0.1) is 0 Å². The third-order valence-electron chi connectivity index (χ3n) is 2.50. The smallest absolute Gasteiger partial charge is 0.123 e. The van der Waals surface area contributed by atoms with E-state index in [1.165, 1.54) is 0 Å². The van der Waals surface area contributed by atoms with Crippen molar-refractivity contribution in [3.63, 3.8) is 0 Å². The molecular weight excluding hydrogens is 270 g/mol. The summed E-state index contributed by atoms with van der Waals surface area (Å²) in [7, 11) is 3.45. The molecule has 16 heavy (non-hydrogen) atoms. The quantitative estimate of drug-likeness (QED) is 0.894. The summed E-state index contributed by atoms with van der Waals surface area (Å²) in [4.78, 5) is 0. The van der Waals surface area contributed by atoms with E-state index in [4.69, 9.17) is 4.74 Å². The highest BCUT2D eigenvalue weighted by molar-refractivity contribution is 9.10. The van der Waals surface area contributed by atoms with Gasteiger partial charge in [0.05, 0.1) is 18.8 Å². The molecule has 1 rings (SSSR count). The zero-order valence-electron chi connectivity index (χ0n) is 10.0. The molecule has 1 aromatic rings. The molecule has 4 heteroatoms. The zero-order valence-corrected chi connectivity index (χ0v) is 11.6. The van der Waals surface area contributed by atoms with Crippen LogP contribution in [0.5, 0.6) is 5.75 Å². The van der Waals surface area contributed by atoms with Gasteiger partial charge in [0, 0.05) is 10.0 Å². The van der Waals surface area contributed by atoms with Crippen molar-refractivity contribution < 1.29 is 9.84 Å². The fourth-order valence-corrected chi connectivity index (χ4v) is 2.20. The number of hydrogen-bond acceptors (Lipinski definition) is 3. The zero-order chi connectivity index (χ0) is 12.3. The summed E-state index contributed by atoms with van der Waals surface area (Å²) in [5.74, 6) is 0.768. The van der Waals surface area contributed by atoms with Gasteiger partial charge in [-0.3, -0.25) is 0 Å². The second kappa shape index (κ2) is 5.17. The van der Waals surface area contributed by atoms with Crippen molar-refractivity contribution in [3.05, 3.63) is 28.2 Å². The van der Waals surface area contributed by atoms with E-state index in [9.17, 15) is 5.11 Å². The Balaban J connectivity index is 3.23. The maximum absolute atomic E-state index is 10.1. The molecule has 0 bridgehead atoms. The van der Waals surface area contributed by atoms with Gasteiger partial charge in [-0.1, -0.05) is 15.9 Å². The molecule has 0 aromatic heterocycles. The summed E-state index contributed by atoms with van der Waals surface area (Å²) in [5.41, 5.74) is 0.0786. The van der Waals surface area contributed by atoms with Gasteiger partial charge in [-0.25, -0.2) is 0 Å². The van der Waals surface area contributed by atoms with Crippen LogP contribution in [0.15, 0.2) is 22.7 Å². The van der Waals surface area contributed by atoms with E-state index in [1.807, 2.05) is 25.2 Å². The maximum atomic E-state index is 10.1. The fraction of sp³-hybridized carbons (Fsp3) is 0.500. The van der Waals surface area contributed by atoms with Crippen molar-refractivity contribution in [3.8, 4) is 5.75 Å². The van der Waals surface area contributed by atoms with E-state index in [2.05, 4.69) is 21.2 Å². The number of benzene rings is 1. The van der Waals surface area contributed by atoms with Crippen molar-refractivity contribution in [2.45, 2.75) is 25.5 Å². The Bertz CT molecular complexity index is 361. The van der Waals surface area contributed by atoms with Gasteiger partial charge in [-0.05, 0) is 39.1 Å². The molecule has 0 aliphatic heterocycles. The summed E-state index contributed by atoms with van der Waals surface area (Å²) in [6, 6.07) is 5.58. The van der Waals surface area contributed by atoms with Crippen LogP contribution in [-0.2, 0) is 0 Å². The van der Waals surface area contributed by atoms with Gasteiger partial charge in [-0.2, -0.15) is 0 Å². The summed E-state index contributed by atoms with van der Waals surface area (Å²) < 4.78 is 6.27. The van der Waals surface area contributed by atoms with Crippen molar-refractivity contribution in [1.82, 2.24) is 5.32 Å². The van der Waals surface area contributed by atoms with E-state index in [-0.39, 0.29) is 6.04 Å².